The summed E-state index contributed by atoms with van der Waals surface area (Å²) in [5.41, 5.74) is 0.0186. The van der Waals surface area contributed by atoms with Crippen LogP contribution in [0.5, 0.6) is 0 Å². The molecule has 2 unspecified atom stereocenters. The average Bonchev–Trinajstić information content (AvgIpc) is 2.61. The minimum atomic E-state index is -4.46. The predicted molar refractivity (Wildman–Crippen MR) is 88.0 cm³/mol. The second-order valence-corrected chi connectivity index (χ2v) is 5.99. The molecule has 0 aliphatic heterocycles. The van der Waals surface area contributed by atoms with Gasteiger partial charge in [0.05, 0.1) is 18.5 Å². The monoisotopic (exact) mass is 387 g/mol. The largest absolute Gasteiger partial charge is 1.00 e. The molecule has 3 nitrogen and oxygen atoms in total. The van der Waals surface area contributed by atoms with E-state index < -0.39 is 17.8 Å². The highest BCUT2D eigenvalue weighted by Gasteiger charge is 2.30. The molecule has 7 heteroatoms. The van der Waals surface area contributed by atoms with Crippen molar-refractivity contribution in [2.75, 3.05) is 6.54 Å². The molecule has 142 valence electrons. The summed E-state index contributed by atoms with van der Waals surface area (Å²) in [4.78, 5) is 12.1. The van der Waals surface area contributed by atoms with Crippen molar-refractivity contribution < 1.29 is 40.8 Å². The van der Waals surface area contributed by atoms with Gasteiger partial charge in [0.15, 0.2) is 5.78 Å². The van der Waals surface area contributed by atoms with Gasteiger partial charge in [0, 0.05) is 5.56 Å². The molecule has 3 N–H and O–H groups in total. The van der Waals surface area contributed by atoms with Gasteiger partial charge in [0.1, 0.15) is 12.1 Å². The number of ketones is 1. The lowest BCUT2D eigenvalue weighted by atomic mass is 10.0. The van der Waals surface area contributed by atoms with E-state index in [2.05, 4.69) is 0 Å². The van der Waals surface area contributed by atoms with Crippen LogP contribution in [0.4, 0.5) is 13.2 Å². The van der Waals surface area contributed by atoms with E-state index in [9.17, 15) is 23.1 Å². The molecular weight excluding hydrogens is 367 g/mol. The number of Topliss-reactive ketones (excluding diaryl/α,β-unsaturated/α-hetero) is 1. The predicted octanol–water partition coefficient (Wildman–Crippen LogP) is -0.0323. The average molecular weight is 388 g/mol. The molecule has 2 atom stereocenters. The van der Waals surface area contributed by atoms with Crippen molar-refractivity contribution in [3.8, 4) is 0 Å². The minimum absolute atomic E-state index is 0. The fourth-order valence-electron chi connectivity index (χ4n) is 2.57. The molecule has 2 aromatic rings. The summed E-state index contributed by atoms with van der Waals surface area (Å²) < 4.78 is 38.1. The summed E-state index contributed by atoms with van der Waals surface area (Å²) in [7, 11) is 0. The Morgan fingerprint density at radius 2 is 1.77 bits per heavy atom. The fourth-order valence-corrected chi connectivity index (χ4v) is 2.57. The lowest BCUT2D eigenvalue weighted by Crippen LogP contribution is -3.00. The van der Waals surface area contributed by atoms with E-state index in [-0.39, 0.29) is 36.2 Å². The number of carbonyl (C=O) groups is 1. The summed E-state index contributed by atoms with van der Waals surface area (Å²) in [6.45, 7) is 2.23. The first-order valence-electron chi connectivity index (χ1n) is 8.06. The van der Waals surface area contributed by atoms with Crippen LogP contribution in [0.3, 0.4) is 0 Å². The van der Waals surface area contributed by atoms with Gasteiger partial charge in [-0.15, -0.1) is 0 Å². The van der Waals surface area contributed by atoms with Gasteiger partial charge < -0.3 is 22.8 Å². The molecule has 0 amide bonds. The van der Waals surface area contributed by atoms with Gasteiger partial charge in [-0.2, -0.15) is 13.2 Å². The molecule has 0 radical (unpaired) electrons. The summed E-state index contributed by atoms with van der Waals surface area (Å²) in [5.74, 6) is -0.344. The van der Waals surface area contributed by atoms with Crippen molar-refractivity contribution in [2.24, 2.45) is 0 Å². The Labute approximate surface area is 156 Å². The molecule has 0 bridgehead atoms. The van der Waals surface area contributed by atoms with Crippen LogP contribution < -0.4 is 17.7 Å². The SMILES string of the molecule is CC([NH2+]CCC(=O)c1cccc(C(F)(F)F)c1)C(O)c1ccccc1.[Cl-]. The second kappa shape index (κ2) is 9.71. The van der Waals surface area contributed by atoms with E-state index in [1.165, 1.54) is 12.1 Å². The maximum atomic E-state index is 12.7. The van der Waals surface area contributed by atoms with Crippen LogP contribution in [0.15, 0.2) is 54.6 Å². The number of rotatable bonds is 7. The first-order chi connectivity index (χ1) is 11.8. The zero-order chi connectivity index (χ0) is 18.4. The Hall–Kier alpha value is -1.89. The molecule has 0 aliphatic carbocycles. The maximum Gasteiger partial charge on any atom is 0.416 e. The van der Waals surface area contributed by atoms with Gasteiger partial charge in [-0.3, -0.25) is 4.79 Å². The van der Waals surface area contributed by atoms with Crippen molar-refractivity contribution in [1.29, 1.82) is 0 Å². The Bertz CT molecular complexity index is 707. The summed E-state index contributed by atoms with van der Waals surface area (Å²) >= 11 is 0. The second-order valence-electron chi connectivity index (χ2n) is 5.99. The van der Waals surface area contributed by atoms with Crippen molar-refractivity contribution in [3.05, 3.63) is 71.3 Å². The molecule has 0 aromatic heterocycles. The van der Waals surface area contributed by atoms with Crippen LogP contribution in [0, 0.1) is 0 Å². The van der Waals surface area contributed by atoms with Gasteiger partial charge in [0.2, 0.25) is 0 Å². The summed E-state index contributed by atoms with van der Waals surface area (Å²) in [6, 6.07) is 13.5. The number of benzene rings is 2. The van der Waals surface area contributed by atoms with E-state index in [0.717, 1.165) is 17.7 Å². The zero-order valence-corrected chi connectivity index (χ0v) is 15.0. The molecule has 0 saturated carbocycles. The van der Waals surface area contributed by atoms with Gasteiger partial charge in [-0.05, 0) is 24.6 Å². The van der Waals surface area contributed by atoms with Crippen LogP contribution in [-0.2, 0) is 6.18 Å². The first-order valence-corrected chi connectivity index (χ1v) is 8.06. The maximum absolute atomic E-state index is 12.7. The van der Waals surface area contributed by atoms with Crippen molar-refractivity contribution in [3.63, 3.8) is 0 Å². The highest BCUT2D eigenvalue weighted by molar-refractivity contribution is 5.96. The quantitative estimate of drug-likeness (QED) is 0.655. The smallest absolute Gasteiger partial charge is 0.416 e. The lowest BCUT2D eigenvalue weighted by Gasteiger charge is -2.17. The van der Waals surface area contributed by atoms with Gasteiger partial charge in [-0.1, -0.05) is 42.5 Å². The van der Waals surface area contributed by atoms with Gasteiger partial charge in [-0.25, -0.2) is 0 Å². The number of aliphatic hydroxyl groups excluding tert-OH is 1. The normalized spacial score (nSPS) is 13.6. The molecule has 0 fully saturated rings. The number of quaternary nitrogens is 1. The van der Waals surface area contributed by atoms with E-state index in [0.29, 0.717) is 6.54 Å². The molecular formula is C19H21ClF3NO2. The number of halogens is 4. The third kappa shape index (κ3) is 6.12. The van der Waals surface area contributed by atoms with Crippen molar-refractivity contribution in [1.82, 2.24) is 0 Å². The third-order valence-electron chi connectivity index (χ3n) is 4.06. The standard InChI is InChI=1S/C19H20F3NO2.ClH/c1-13(18(25)14-6-3-2-4-7-14)23-11-10-17(24)15-8-5-9-16(12-15)19(20,21)22;/h2-9,12-13,18,23,25H,10-11H2,1H3;1H. The number of hydrogen-bond donors (Lipinski definition) is 2. The highest BCUT2D eigenvalue weighted by Crippen LogP contribution is 2.29. The van der Waals surface area contributed by atoms with Gasteiger partial charge >= 0.3 is 6.18 Å². The molecule has 0 spiro atoms. The number of alkyl halides is 3. The number of hydrogen-bond acceptors (Lipinski definition) is 2. The van der Waals surface area contributed by atoms with Crippen molar-refractivity contribution >= 4 is 5.78 Å². The number of carbonyl (C=O) groups excluding carboxylic acids is 1. The molecule has 2 aromatic carbocycles. The van der Waals surface area contributed by atoms with Crippen LogP contribution in [0.25, 0.3) is 0 Å². The Balaban J connectivity index is 0.00000338. The Morgan fingerprint density at radius 1 is 1.12 bits per heavy atom. The van der Waals surface area contributed by atoms with Crippen molar-refractivity contribution in [2.45, 2.75) is 31.7 Å². The first kappa shape index (κ1) is 22.2. The molecule has 0 saturated heterocycles. The lowest BCUT2D eigenvalue weighted by molar-refractivity contribution is -0.693. The van der Waals surface area contributed by atoms with Crippen LogP contribution in [-0.4, -0.2) is 23.5 Å². The summed E-state index contributed by atoms with van der Waals surface area (Å²) in [6.07, 6.45) is -5.03. The van der Waals surface area contributed by atoms with Gasteiger partial charge in [0.25, 0.3) is 0 Å². The molecule has 0 aliphatic rings. The zero-order valence-electron chi connectivity index (χ0n) is 14.2. The van der Waals surface area contributed by atoms with Crippen LogP contribution in [0.2, 0.25) is 0 Å². The van der Waals surface area contributed by atoms with Crippen LogP contribution in [0.1, 0.15) is 40.9 Å². The Morgan fingerprint density at radius 3 is 2.38 bits per heavy atom. The minimum Gasteiger partial charge on any atom is -1.00 e. The van der Waals surface area contributed by atoms with Crippen LogP contribution >= 0.6 is 0 Å². The summed E-state index contributed by atoms with van der Waals surface area (Å²) in [5, 5.41) is 12.1. The molecule has 26 heavy (non-hydrogen) atoms. The molecule has 2 rings (SSSR count). The third-order valence-corrected chi connectivity index (χ3v) is 4.06. The van der Waals surface area contributed by atoms with E-state index in [1.54, 1.807) is 0 Å². The number of aliphatic hydroxyl groups is 1. The topological polar surface area (TPSA) is 53.9 Å². The highest BCUT2D eigenvalue weighted by atomic mass is 35.5. The van der Waals surface area contributed by atoms with E-state index in [4.69, 9.17) is 0 Å². The fraction of sp³-hybridized carbons (Fsp3) is 0.316. The molecule has 0 heterocycles. The Kier molecular flexibility index (Phi) is 8.27. The van der Waals surface area contributed by atoms with E-state index >= 15 is 0 Å². The van der Waals surface area contributed by atoms with E-state index in [1.807, 2.05) is 42.6 Å². The number of nitrogens with two attached hydrogens (primary N) is 1.